The van der Waals surface area contributed by atoms with Crippen LogP contribution in [0.15, 0.2) is 61.1 Å². The van der Waals surface area contributed by atoms with Gasteiger partial charge in [0.1, 0.15) is 17.8 Å². The SMILES string of the molecule is Cn1cnnc1CCc1cccc(NC(=O)c2cc3cc(N4CCNCC4)ccc3cn2)c1. The molecule has 0 radical (unpaired) electrons. The van der Waals surface area contributed by atoms with E-state index in [9.17, 15) is 4.79 Å². The molecule has 33 heavy (non-hydrogen) atoms. The van der Waals surface area contributed by atoms with Crippen LogP contribution in [0.2, 0.25) is 0 Å². The van der Waals surface area contributed by atoms with E-state index < -0.39 is 0 Å². The van der Waals surface area contributed by atoms with Crippen LogP contribution in [0.25, 0.3) is 10.8 Å². The number of aryl methyl sites for hydroxylation is 3. The Hall–Kier alpha value is -3.78. The lowest BCUT2D eigenvalue weighted by atomic mass is 10.1. The lowest BCUT2D eigenvalue weighted by molar-refractivity contribution is 0.102. The monoisotopic (exact) mass is 441 g/mol. The topological polar surface area (TPSA) is 88.0 Å². The second kappa shape index (κ2) is 9.38. The number of rotatable bonds is 6. The van der Waals surface area contributed by atoms with E-state index >= 15 is 0 Å². The first-order valence-electron chi connectivity index (χ1n) is 11.2. The van der Waals surface area contributed by atoms with Gasteiger partial charge in [-0.3, -0.25) is 9.78 Å². The van der Waals surface area contributed by atoms with Crippen molar-refractivity contribution in [2.24, 2.45) is 7.05 Å². The molecule has 1 saturated heterocycles. The molecule has 2 aromatic carbocycles. The second-order valence-electron chi connectivity index (χ2n) is 8.35. The summed E-state index contributed by atoms with van der Waals surface area (Å²) in [6.45, 7) is 3.94. The molecular weight excluding hydrogens is 414 g/mol. The minimum absolute atomic E-state index is 0.213. The number of hydrogen-bond acceptors (Lipinski definition) is 6. The molecule has 5 rings (SSSR count). The third-order valence-corrected chi connectivity index (χ3v) is 6.05. The minimum atomic E-state index is -0.213. The van der Waals surface area contributed by atoms with E-state index in [0.29, 0.717) is 5.69 Å². The fourth-order valence-corrected chi connectivity index (χ4v) is 4.16. The Morgan fingerprint density at radius 1 is 1.06 bits per heavy atom. The molecule has 0 unspecified atom stereocenters. The summed E-state index contributed by atoms with van der Waals surface area (Å²) in [5, 5.41) is 16.5. The van der Waals surface area contributed by atoms with Gasteiger partial charge in [0.05, 0.1) is 0 Å². The predicted octanol–water partition coefficient (Wildman–Crippen LogP) is 2.81. The standard InChI is InChI=1S/C25H27N7O/c1-31-17-28-30-24(31)8-5-18-3-2-4-21(13-18)29-25(33)23-15-20-14-22(7-6-19(20)16-27-23)32-11-9-26-10-12-32/h2-4,6-7,13-17,26H,5,8-12H2,1H3,(H,29,33). The Kier molecular flexibility index (Phi) is 5.99. The highest BCUT2D eigenvalue weighted by atomic mass is 16.1. The number of piperazine rings is 1. The van der Waals surface area contributed by atoms with Crippen molar-refractivity contribution < 1.29 is 4.79 Å². The lowest BCUT2D eigenvalue weighted by Crippen LogP contribution is -2.43. The Balaban J connectivity index is 1.29. The van der Waals surface area contributed by atoms with Gasteiger partial charge in [0, 0.05) is 62.6 Å². The summed E-state index contributed by atoms with van der Waals surface area (Å²) in [5.41, 5.74) is 3.47. The van der Waals surface area contributed by atoms with Crippen molar-refractivity contribution in [3.05, 3.63) is 78.1 Å². The summed E-state index contributed by atoms with van der Waals surface area (Å²) in [7, 11) is 1.94. The van der Waals surface area contributed by atoms with Gasteiger partial charge in [-0.1, -0.05) is 18.2 Å². The van der Waals surface area contributed by atoms with E-state index in [4.69, 9.17) is 0 Å². The summed E-state index contributed by atoms with van der Waals surface area (Å²) in [6.07, 6.45) is 5.08. The number of aromatic nitrogens is 4. The summed E-state index contributed by atoms with van der Waals surface area (Å²) >= 11 is 0. The number of amides is 1. The van der Waals surface area contributed by atoms with Crippen LogP contribution in [0.1, 0.15) is 21.9 Å². The number of anilines is 2. The molecule has 2 aromatic heterocycles. The summed E-state index contributed by atoms with van der Waals surface area (Å²) in [4.78, 5) is 19.7. The van der Waals surface area contributed by atoms with Gasteiger partial charge in [-0.05, 0) is 47.7 Å². The number of hydrogen-bond donors (Lipinski definition) is 2. The van der Waals surface area contributed by atoms with Crippen LogP contribution in [0.4, 0.5) is 11.4 Å². The molecule has 3 heterocycles. The first-order valence-corrected chi connectivity index (χ1v) is 11.2. The van der Waals surface area contributed by atoms with Crippen LogP contribution in [0.5, 0.6) is 0 Å². The molecule has 1 fully saturated rings. The molecule has 2 N–H and O–H groups in total. The van der Waals surface area contributed by atoms with E-state index in [-0.39, 0.29) is 5.91 Å². The van der Waals surface area contributed by atoms with Crippen LogP contribution < -0.4 is 15.5 Å². The van der Waals surface area contributed by atoms with Crippen LogP contribution >= 0.6 is 0 Å². The van der Waals surface area contributed by atoms with Crippen molar-refractivity contribution >= 4 is 28.1 Å². The van der Waals surface area contributed by atoms with Gasteiger partial charge < -0.3 is 20.1 Å². The van der Waals surface area contributed by atoms with Crippen LogP contribution in [-0.2, 0) is 19.9 Å². The second-order valence-corrected chi connectivity index (χ2v) is 8.35. The maximum absolute atomic E-state index is 12.9. The third-order valence-electron chi connectivity index (χ3n) is 6.05. The van der Waals surface area contributed by atoms with Crippen molar-refractivity contribution in [1.29, 1.82) is 0 Å². The van der Waals surface area contributed by atoms with Crippen molar-refractivity contribution in [1.82, 2.24) is 25.1 Å². The summed E-state index contributed by atoms with van der Waals surface area (Å²) in [5.74, 6) is 0.722. The maximum Gasteiger partial charge on any atom is 0.274 e. The molecule has 4 aromatic rings. The molecule has 1 amide bonds. The van der Waals surface area contributed by atoms with Crippen molar-refractivity contribution in [2.45, 2.75) is 12.8 Å². The van der Waals surface area contributed by atoms with Crippen molar-refractivity contribution in [3.63, 3.8) is 0 Å². The third kappa shape index (κ3) is 4.85. The van der Waals surface area contributed by atoms with Gasteiger partial charge in [0.15, 0.2) is 0 Å². The normalized spacial score (nSPS) is 13.9. The Bertz CT molecular complexity index is 1280. The summed E-state index contributed by atoms with van der Waals surface area (Å²) < 4.78 is 1.92. The van der Waals surface area contributed by atoms with E-state index in [0.717, 1.165) is 66.9 Å². The van der Waals surface area contributed by atoms with E-state index in [2.05, 4.69) is 55.0 Å². The van der Waals surface area contributed by atoms with Crippen LogP contribution in [0, 0.1) is 0 Å². The number of nitrogens with one attached hydrogen (secondary N) is 2. The fourth-order valence-electron chi connectivity index (χ4n) is 4.16. The molecule has 1 aliphatic heterocycles. The number of carbonyl (C=O) groups excluding carboxylic acids is 1. The fraction of sp³-hybridized carbons (Fsp3) is 0.280. The highest BCUT2D eigenvalue weighted by Crippen LogP contribution is 2.23. The highest BCUT2D eigenvalue weighted by molar-refractivity contribution is 6.05. The number of nitrogens with zero attached hydrogens (tertiary/aromatic N) is 5. The number of pyridine rings is 1. The largest absolute Gasteiger partial charge is 0.369 e. The first kappa shape index (κ1) is 21.1. The number of carbonyl (C=O) groups is 1. The minimum Gasteiger partial charge on any atom is -0.369 e. The van der Waals surface area contributed by atoms with Gasteiger partial charge in [-0.2, -0.15) is 0 Å². The molecule has 0 saturated carbocycles. The predicted molar refractivity (Wildman–Crippen MR) is 130 cm³/mol. The van der Waals surface area contributed by atoms with E-state index in [1.165, 1.54) is 5.69 Å². The summed E-state index contributed by atoms with van der Waals surface area (Å²) in [6, 6.07) is 16.1. The zero-order valence-electron chi connectivity index (χ0n) is 18.7. The highest BCUT2D eigenvalue weighted by Gasteiger charge is 2.13. The van der Waals surface area contributed by atoms with Gasteiger partial charge >= 0.3 is 0 Å². The molecule has 0 bridgehead atoms. The zero-order chi connectivity index (χ0) is 22.6. The van der Waals surface area contributed by atoms with E-state index in [1.807, 2.05) is 35.9 Å². The van der Waals surface area contributed by atoms with Crippen LogP contribution in [0.3, 0.4) is 0 Å². The van der Waals surface area contributed by atoms with Gasteiger partial charge in [-0.25, -0.2) is 0 Å². The molecule has 1 aliphatic rings. The number of benzene rings is 2. The average molecular weight is 442 g/mol. The molecule has 0 atom stereocenters. The Morgan fingerprint density at radius 3 is 2.76 bits per heavy atom. The molecule has 8 nitrogen and oxygen atoms in total. The zero-order valence-corrected chi connectivity index (χ0v) is 18.7. The smallest absolute Gasteiger partial charge is 0.274 e. The average Bonchev–Trinajstić information content (AvgIpc) is 3.27. The Labute approximate surface area is 192 Å². The van der Waals surface area contributed by atoms with E-state index in [1.54, 1.807) is 12.5 Å². The van der Waals surface area contributed by atoms with Gasteiger partial charge in [0.2, 0.25) is 0 Å². The Morgan fingerprint density at radius 2 is 1.94 bits per heavy atom. The van der Waals surface area contributed by atoms with Crippen molar-refractivity contribution in [3.8, 4) is 0 Å². The molecule has 8 heteroatoms. The number of fused-ring (bicyclic) bond motifs is 1. The molecule has 0 aliphatic carbocycles. The van der Waals surface area contributed by atoms with Crippen molar-refractivity contribution in [2.75, 3.05) is 36.4 Å². The quantitative estimate of drug-likeness (QED) is 0.478. The van der Waals surface area contributed by atoms with Gasteiger partial charge in [0.25, 0.3) is 5.91 Å². The molecular formula is C25H27N7O. The molecule has 168 valence electrons. The van der Waals surface area contributed by atoms with Crippen LogP contribution in [-0.4, -0.2) is 51.8 Å². The molecule has 0 spiro atoms. The van der Waals surface area contributed by atoms with Gasteiger partial charge in [-0.15, -0.1) is 10.2 Å². The maximum atomic E-state index is 12.9. The lowest BCUT2D eigenvalue weighted by Gasteiger charge is -2.29. The first-order chi connectivity index (χ1) is 16.2.